The van der Waals surface area contributed by atoms with Crippen molar-refractivity contribution in [2.24, 2.45) is 0 Å². The van der Waals surface area contributed by atoms with Gasteiger partial charge in [-0.05, 0) is 22.9 Å². The molecule has 0 atom stereocenters. The van der Waals surface area contributed by atoms with Gasteiger partial charge >= 0.3 is 0 Å². The number of aryl methyl sites for hydroxylation is 1. The van der Waals surface area contributed by atoms with E-state index in [1.54, 1.807) is 0 Å². The van der Waals surface area contributed by atoms with Gasteiger partial charge in [0.25, 0.3) is 0 Å². The molecule has 0 unspecified atom stereocenters. The molecule has 0 spiro atoms. The minimum Gasteiger partial charge on any atom is -0.236 e. The molecule has 0 amide bonds. The van der Waals surface area contributed by atoms with Crippen molar-refractivity contribution in [1.82, 2.24) is 9.97 Å². The van der Waals surface area contributed by atoms with Gasteiger partial charge < -0.3 is 0 Å². The zero-order valence-corrected chi connectivity index (χ0v) is 8.83. The summed E-state index contributed by atoms with van der Waals surface area (Å²) in [5.74, 6) is 0.839. The lowest BCUT2D eigenvalue weighted by atomic mass is 10.4. The highest BCUT2D eigenvalue weighted by molar-refractivity contribution is 9.10. The van der Waals surface area contributed by atoms with E-state index in [0.717, 1.165) is 10.2 Å². The zero-order valence-electron chi connectivity index (χ0n) is 5.74. The maximum Gasteiger partial charge on any atom is 0.147 e. The normalized spacial score (nSPS) is 10.2. The van der Waals surface area contributed by atoms with E-state index < -0.39 is 0 Å². The van der Waals surface area contributed by atoms with E-state index in [1.165, 1.54) is 0 Å². The van der Waals surface area contributed by atoms with Crippen molar-refractivity contribution in [3.8, 4) is 0 Å². The Hall–Kier alpha value is 0.140. The second-order valence-electron chi connectivity index (χ2n) is 1.96. The van der Waals surface area contributed by atoms with Crippen LogP contribution >= 0.6 is 39.1 Å². The van der Waals surface area contributed by atoms with Gasteiger partial charge in [0.05, 0.1) is 16.0 Å². The Kier molecular flexibility index (Phi) is 3.10. The number of halogens is 3. The molecule has 0 saturated carbocycles. The van der Waals surface area contributed by atoms with E-state index in [2.05, 4.69) is 25.9 Å². The summed E-state index contributed by atoms with van der Waals surface area (Å²) >= 11 is 14.5. The summed E-state index contributed by atoms with van der Waals surface area (Å²) in [7, 11) is 0. The Bertz CT molecular complexity index is 254. The summed E-state index contributed by atoms with van der Waals surface area (Å²) < 4.78 is 0.730. The number of nitrogens with zero attached hydrogens (tertiary/aromatic N) is 2. The first-order valence-electron chi connectivity index (χ1n) is 2.89. The lowest BCUT2D eigenvalue weighted by molar-refractivity contribution is 0.981. The van der Waals surface area contributed by atoms with Crippen LogP contribution in [0.3, 0.4) is 0 Å². The molecule has 0 bridgehead atoms. The standard InChI is InChI=1S/C6H5BrCl2N2/c1-3-5(7)6(9)11-4(2-8)10-3/h2H2,1H3. The SMILES string of the molecule is Cc1nc(CCl)nc(Cl)c1Br. The highest BCUT2D eigenvalue weighted by atomic mass is 79.9. The van der Waals surface area contributed by atoms with Gasteiger partial charge in [-0.15, -0.1) is 11.6 Å². The Morgan fingerprint density at radius 1 is 1.45 bits per heavy atom. The molecule has 5 heteroatoms. The van der Waals surface area contributed by atoms with Gasteiger partial charge in [0, 0.05) is 0 Å². The van der Waals surface area contributed by atoms with Crippen LogP contribution in [-0.2, 0) is 5.88 Å². The zero-order chi connectivity index (χ0) is 8.43. The summed E-state index contributed by atoms with van der Waals surface area (Å²) in [6, 6.07) is 0. The van der Waals surface area contributed by atoms with Crippen LogP contribution in [0.2, 0.25) is 5.15 Å². The molecule has 0 aliphatic rings. The maximum absolute atomic E-state index is 5.74. The molecule has 11 heavy (non-hydrogen) atoms. The van der Waals surface area contributed by atoms with Gasteiger partial charge in [-0.1, -0.05) is 11.6 Å². The third kappa shape index (κ3) is 2.04. The monoisotopic (exact) mass is 254 g/mol. The molecule has 0 aliphatic heterocycles. The molecule has 0 N–H and O–H groups in total. The molecule has 2 nitrogen and oxygen atoms in total. The Morgan fingerprint density at radius 3 is 2.55 bits per heavy atom. The van der Waals surface area contributed by atoms with Crippen LogP contribution in [0, 0.1) is 6.92 Å². The van der Waals surface area contributed by atoms with Gasteiger partial charge in [-0.3, -0.25) is 0 Å². The molecule has 60 valence electrons. The van der Waals surface area contributed by atoms with Gasteiger partial charge in [-0.25, -0.2) is 9.97 Å². The molecule has 0 aromatic carbocycles. The molecule has 1 heterocycles. The summed E-state index contributed by atoms with van der Waals surface area (Å²) in [4.78, 5) is 8.01. The number of hydrogen-bond donors (Lipinski definition) is 0. The van der Waals surface area contributed by atoms with Gasteiger partial charge in [0.1, 0.15) is 11.0 Å². The van der Waals surface area contributed by atoms with Crippen molar-refractivity contribution >= 4 is 39.1 Å². The summed E-state index contributed by atoms with van der Waals surface area (Å²) in [5.41, 5.74) is 0.806. The summed E-state index contributed by atoms with van der Waals surface area (Å²) in [5, 5.41) is 0.410. The second kappa shape index (κ2) is 3.70. The Labute approximate surface area is 83.1 Å². The molecule has 1 aromatic heterocycles. The smallest absolute Gasteiger partial charge is 0.147 e. The third-order valence-electron chi connectivity index (χ3n) is 1.14. The van der Waals surface area contributed by atoms with Crippen molar-refractivity contribution in [3.63, 3.8) is 0 Å². The van der Waals surface area contributed by atoms with Crippen LogP contribution in [0.4, 0.5) is 0 Å². The molecule has 0 radical (unpaired) electrons. The van der Waals surface area contributed by atoms with Crippen LogP contribution in [0.1, 0.15) is 11.5 Å². The predicted octanol–water partition coefficient (Wildman–Crippen LogP) is 2.94. The van der Waals surface area contributed by atoms with Crippen LogP contribution in [0.25, 0.3) is 0 Å². The second-order valence-corrected chi connectivity index (χ2v) is 3.38. The molecular weight excluding hydrogens is 251 g/mol. The van der Waals surface area contributed by atoms with Gasteiger partial charge in [-0.2, -0.15) is 0 Å². The highest BCUT2D eigenvalue weighted by Gasteiger charge is 2.05. The van der Waals surface area contributed by atoms with Gasteiger partial charge in [0.15, 0.2) is 0 Å². The minimum atomic E-state index is 0.286. The van der Waals surface area contributed by atoms with Crippen LogP contribution in [0.15, 0.2) is 4.47 Å². The third-order valence-corrected chi connectivity index (χ3v) is 2.83. The first-order valence-corrected chi connectivity index (χ1v) is 4.60. The topological polar surface area (TPSA) is 25.8 Å². The van der Waals surface area contributed by atoms with E-state index in [4.69, 9.17) is 23.2 Å². The fraction of sp³-hybridized carbons (Fsp3) is 0.333. The molecular formula is C6H5BrCl2N2. The Balaban J connectivity index is 3.21. The number of rotatable bonds is 1. The van der Waals surface area contributed by atoms with Crippen molar-refractivity contribution in [2.45, 2.75) is 12.8 Å². The Morgan fingerprint density at radius 2 is 2.09 bits per heavy atom. The number of alkyl halides is 1. The lowest BCUT2D eigenvalue weighted by Crippen LogP contribution is -1.95. The van der Waals surface area contributed by atoms with Crippen molar-refractivity contribution in [2.75, 3.05) is 0 Å². The first-order chi connectivity index (χ1) is 5.15. The molecule has 0 saturated heterocycles. The van der Waals surface area contributed by atoms with Crippen molar-refractivity contribution in [3.05, 3.63) is 21.1 Å². The number of hydrogen-bond acceptors (Lipinski definition) is 2. The van der Waals surface area contributed by atoms with Crippen LogP contribution in [0.5, 0.6) is 0 Å². The molecule has 1 rings (SSSR count). The maximum atomic E-state index is 5.74. The van der Waals surface area contributed by atoms with E-state index in [-0.39, 0.29) is 5.88 Å². The summed E-state index contributed by atoms with van der Waals surface area (Å²) in [6.07, 6.45) is 0. The van der Waals surface area contributed by atoms with Gasteiger partial charge in [0.2, 0.25) is 0 Å². The first kappa shape index (κ1) is 9.23. The predicted molar refractivity (Wildman–Crippen MR) is 49.0 cm³/mol. The lowest BCUT2D eigenvalue weighted by Gasteiger charge is -2.00. The van der Waals surface area contributed by atoms with E-state index >= 15 is 0 Å². The quantitative estimate of drug-likeness (QED) is 0.570. The van der Waals surface area contributed by atoms with Crippen molar-refractivity contribution < 1.29 is 0 Å². The van der Waals surface area contributed by atoms with Crippen LogP contribution < -0.4 is 0 Å². The highest BCUT2D eigenvalue weighted by Crippen LogP contribution is 2.22. The van der Waals surface area contributed by atoms with E-state index in [1.807, 2.05) is 6.92 Å². The molecule has 1 aromatic rings. The van der Waals surface area contributed by atoms with E-state index in [9.17, 15) is 0 Å². The molecule has 0 aliphatic carbocycles. The minimum absolute atomic E-state index is 0.286. The largest absolute Gasteiger partial charge is 0.236 e. The summed E-state index contributed by atoms with van der Waals surface area (Å²) in [6.45, 7) is 1.84. The van der Waals surface area contributed by atoms with Crippen molar-refractivity contribution in [1.29, 1.82) is 0 Å². The average Bonchev–Trinajstić information content (AvgIpc) is 1.99. The van der Waals surface area contributed by atoms with E-state index in [0.29, 0.717) is 11.0 Å². The molecule has 0 fully saturated rings. The number of aromatic nitrogens is 2. The average molecular weight is 256 g/mol. The fourth-order valence-corrected chi connectivity index (χ4v) is 1.17. The fourth-order valence-electron chi connectivity index (χ4n) is 0.639. The van der Waals surface area contributed by atoms with Crippen LogP contribution in [-0.4, -0.2) is 9.97 Å².